The molecule has 0 atom stereocenters. The van der Waals surface area contributed by atoms with Crippen LogP contribution in [-0.4, -0.2) is 69.3 Å². The summed E-state index contributed by atoms with van der Waals surface area (Å²) in [5.74, 6) is -0.103. The zero-order chi connectivity index (χ0) is 24.5. The molecule has 2 fully saturated rings. The third-order valence-corrected chi connectivity index (χ3v) is 6.58. The molecule has 2 aliphatic rings. The van der Waals surface area contributed by atoms with Crippen LogP contribution in [-0.2, 0) is 11.2 Å². The highest BCUT2D eigenvalue weighted by molar-refractivity contribution is 6.04. The molecule has 4 rings (SSSR count). The summed E-state index contributed by atoms with van der Waals surface area (Å²) >= 11 is 0. The Balaban J connectivity index is 1.39. The molecule has 3 N–H and O–H groups in total. The molecular weight excluding hydrogens is 442 g/mol. The number of urea groups is 1. The summed E-state index contributed by atoms with van der Waals surface area (Å²) in [6, 6.07) is 13.1. The molecule has 2 aromatic carbocycles. The van der Waals surface area contributed by atoms with Gasteiger partial charge in [0.2, 0.25) is 0 Å². The lowest BCUT2D eigenvalue weighted by atomic mass is 10.1. The summed E-state index contributed by atoms with van der Waals surface area (Å²) < 4.78 is 5.40. The van der Waals surface area contributed by atoms with Gasteiger partial charge in [0.15, 0.2) is 0 Å². The van der Waals surface area contributed by atoms with Crippen molar-refractivity contribution in [1.82, 2.24) is 10.2 Å². The lowest BCUT2D eigenvalue weighted by Gasteiger charge is -2.26. The van der Waals surface area contributed by atoms with Crippen molar-refractivity contribution in [2.45, 2.75) is 32.6 Å². The van der Waals surface area contributed by atoms with E-state index < -0.39 is 0 Å². The van der Waals surface area contributed by atoms with E-state index in [0.29, 0.717) is 17.8 Å². The number of carbonyl (C=O) groups is 2. The number of ether oxygens (including phenoxy) is 1. The topological polar surface area (TPSA) is 85.9 Å². The van der Waals surface area contributed by atoms with Crippen LogP contribution in [0.25, 0.3) is 0 Å². The van der Waals surface area contributed by atoms with Crippen LogP contribution in [0.5, 0.6) is 0 Å². The van der Waals surface area contributed by atoms with Crippen molar-refractivity contribution >= 4 is 29.0 Å². The fourth-order valence-corrected chi connectivity index (χ4v) is 4.62. The Bertz CT molecular complexity index is 1000. The first-order valence-electron chi connectivity index (χ1n) is 12.8. The quantitative estimate of drug-likeness (QED) is 0.474. The lowest BCUT2D eigenvalue weighted by molar-refractivity contribution is 0.0374. The van der Waals surface area contributed by atoms with Gasteiger partial charge in [0.1, 0.15) is 0 Å². The van der Waals surface area contributed by atoms with Crippen LogP contribution in [0.3, 0.4) is 0 Å². The third kappa shape index (κ3) is 7.19. The van der Waals surface area contributed by atoms with E-state index in [2.05, 4.69) is 32.7 Å². The summed E-state index contributed by atoms with van der Waals surface area (Å²) in [5, 5.41) is 8.85. The number of benzene rings is 2. The molecule has 2 saturated heterocycles. The van der Waals surface area contributed by atoms with Crippen LogP contribution in [0.2, 0.25) is 0 Å². The molecule has 0 spiro atoms. The molecule has 0 aromatic heterocycles. The van der Waals surface area contributed by atoms with Crippen LogP contribution < -0.4 is 20.9 Å². The minimum absolute atomic E-state index is 0.103. The van der Waals surface area contributed by atoms with E-state index >= 15 is 0 Å². The summed E-state index contributed by atoms with van der Waals surface area (Å²) in [6.45, 7) is 8.99. The standard InChI is InChI=1S/C27H37N5O3/c1-2-21-7-5-8-22(19-21)29-27(34)30-23-9-10-25(32-13-3-4-14-32)24(20-23)26(33)28-11-6-12-31-15-17-35-18-16-31/h5,7-10,19-20H,2-4,6,11-18H2,1H3,(H,28,33)(H2,29,30,34). The molecule has 2 heterocycles. The van der Waals surface area contributed by atoms with Crippen molar-refractivity contribution in [3.05, 3.63) is 53.6 Å². The zero-order valence-corrected chi connectivity index (χ0v) is 20.6. The van der Waals surface area contributed by atoms with Crippen molar-refractivity contribution < 1.29 is 14.3 Å². The highest BCUT2D eigenvalue weighted by atomic mass is 16.5. The van der Waals surface area contributed by atoms with Crippen molar-refractivity contribution in [1.29, 1.82) is 0 Å². The van der Waals surface area contributed by atoms with E-state index in [1.165, 1.54) is 0 Å². The van der Waals surface area contributed by atoms with Gasteiger partial charge in [-0.1, -0.05) is 19.1 Å². The van der Waals surface area contributed by atoms with Crippen LogP contribution in [0.15, 0.2) is 42.5 Å². The number of morpholine rings is 1. The minimum Gasteiger partial charge on any atom is -0.379 e. The fourth-order valence-electron chi connectivity index (χ4n) is 4.62. The van der Waals surface area contributed by atoms with E-state index in [9.17, 15) is 9.59 Å². The molecule has 0 aliphatic carbocycles. The van der Waals surface area contributed by atoms with Crippen LogP contribution in [0.4, 0.5) is 21.9 Å². The van der Waals surface area contributed by atoms with Gasteiger partial charge in [-0.2, -0.15) is 0 Å². The highest BCUT2D eigenvalue weighted by Crippen LogP contribution is 2.28. The van der Waals surface area contributed by atoms with Gasteiger partial charge < -0.3 is 25.6 Å². The average molecular weight is 480 g/mol. The molecular formula is C27H37N5O3. The van der Waals surface area contributed by atoms with Gasteiger partial charge in [0.05, 0.1) is 18.8 Å². The number of amides is 3. The maximum absolute atomic E-state index is 13.2. The van der Waals surface area contributed by atoms with Gasteiger partial charge in [-0.15, -0.1) is 0 Å². The molecule has 0 bridgehead atoms. The van der Waals surface area contributed by atoms with Gasteiger partial charge in [-0.05, 0) is 68.1 Å². The molecule has 35 heavy (non-hydrogen) atoms. The normalized spacial score (nSPS) is 16.2. The monoisotopic (exact) mass is 479 g/mol. The van der Waals surface area contributed by atoms with E-state index in [1.807, 2.05) is 36.4 Å². The van der Waals surface area contributed by atoms with Crippen LogP contribution >= 0.6 is 0 Å². The van der Waals surface area contributed by atoms with Crippen molar-refractivity contribution in [3.8, 4) is 0 Å². The second-order valence-corrected chi connectivity index (χ2v) is 9.12. The van der Waals surface area contributed by atoms with Crippen LogP contribution in [0, 0.1) is 0 Å². The predicted octanol–water partition coefficient (Wildman–Crippen LogP) is 3.95. The number of nitrogens with one attached hydrogen (secondary N) is 3. The lowest BCUT2D eigenvalue weighted by Crippen LogP contribution is -2.38. The summed E-state index contributed by atoms with van der Waals surface area (Å²) in [5.41, 5.74) is 4.02. The first-order chi connectivity index (χ1) is 17.1. The van der Waals surface area contributed by atoms with E-state index in [-0.39, 0.29) is 11.9 Å². The fraction of sp³-hybridized carbons (Fsp3) is 0.481. The minimum atomic E-state index is -0.330. The Morgan fingerprint density at radius 1 is 0.943 bits per heavy atom. The number of hydrogen-bond acceptors (Lipinski definition) is 5. The first-order valence-corrected chi connectivity index (χ1v) is 12.8. The molecule has 188 valence electrons. The summed E-state index contributed by atoms with van der Waals surface area (Å²) in [4.78, 5) is 30.4. The number of aryl methyl sites for hydroxylation is 1. The van der Waals surface area contributed by atoms with E-state index in [0.717, 1.165) is 88.6 Å². The van der Waals surface area contributed by atoms with Gasteiger partial charge >= 0.3 is 6.03 Å². The van der Waals surface area contributed by atoms with Crippen LogP contribution in [0.1, 0.15) is 42.1 Å². The molecule has 8 nitrogen and oxygen atoms in total. The highest BCUT2D eigenvalue weighted by Gasteiger charge is 2.20. The number of anilines is 3. The Hall–Kier alpha value is -3.10. The molecule has 3 amide bonds. The first kappa shape index (κ1) is 25.0. The second kappa shape index (κ2) is 12.6. The van der Waals surface area contributed by atoms with E-state index in [1.54, 1.807) is 6.07 Å². The predicted molar refractivity (Wildman–Crippen MR) is 141 cm³/mol. The smallest absolute Gasteiger partial charge is 0.323 e. The molecule has 2 aromatic rings. The van der Waals surface area contributed by atoms with Crippen molar-refractivity contribution in [2.75, 3.05) is 68.0 Å². The van der Waals surface area contributed by atoms with Gasteiger partial charge in [-0.25, -0.2) is 4.79 Å². The molecule has 0 unspecified atom stereocenters. The zero-order valence-electron chi connectivity index (χ0n) is 20.6. The molecule has 0 radical (unpaired) electrons. The SMILES string of the molecule is CCc1cccc(NC(=O)Nc2ccc(N3CCCC3)c(C(=O)NCCCN3CCOCC3)c2)c1. The van der Waals surface area contributed by atoms with Crippen molar-refractivity contribution in [2.24, 2.45) is 0 Å². The second-order valence-electron chi connectivity index (χ2n) is 9.12. The van der Waals surface area contributed by atoms with Gasteiger partial charge in [0, 0.05) is 49.8 Å². The average Bonchev–Trinajstić information content (AvgIpc) is 3.42. The molecule has 8 heteroatoms. The van der Waals surface area contributed by atoms with Crippen molar-refractivity contribution in [3.63, 3.8) is 0 Å². The summed E-state index contributed by atoms with van der Waals surface area (Å²) in [6.07, 6.45) is 4.04. The maximum atomic E-state index is 13.2. The number of hydrogen-bond donors (Lipinski definition) is 3. The summed E-state index contributed by atoms with van der Waals surface area (Å²) in [7, 11) is 0. The number of carbonyl (C=O) groups excluding carboxylic acids is 2. The third-order valence-electron chi connectivity index (χ3n) is 6.58. The maximum Gasteiger partial charge on any atom is 0.323 e. The number of rotatable bonds is 9. The largest absolute Gasteiger partial charge is 0.379 e. The molecule has 2 aliphatic heterocycles. The van der Waals surface area contributed by atoms with Gasteiger partial charge in [-0.3, -0.25) is 9.69 Å². The Kier molecular flexibility index (Phi) is 8.97. The van der Waals surface area contributed by atoms with E-state index in [4.69, 9.17) is 4.74 Å². The Labute approximate surface area is 208 Å². The molecule has 0 saturated carbocycles. The van der Waals surface area contributed by atoms with Gasteiger partial charge in [0.25, 0.3) is 5.91 Å². The Morgan fingerprint density at radius 3 is 2.43 bits per heavy atom. The Morgan fingerprint density at radius 2 is 1.69 bits per heavy atom. The number of nitrogens with zero attached hydrogens (tertiary/aromatic N) is 2.